The number of fused-ring (bicyclic) bond motifs is 1. The Bertz CT molecular complexity index is 1210. The van der Waals surface area contributed by atoms with Gasteiger partial charge in [0.1, 0.15) is 17.1 Å². The first-order valence-corrected chi connectivity index (χ1v) is 10.1. The number of hydrogen-bond acceptors (Lipinski definition) is 6. The van der Waals surface area contributed by atoms with Crippen LogP contribution in [0.25, 0.3) is 22.3 Å². The normalized spacial score (nSPS) is 11.8. The molecule has 154 valence electrons. The van der Waals surface area contributed by atoms with Gasteiger partial charge in [-0.3, -0.25) is 0 Å². The molecule has 0 amide bonds. The molecule has 0 aliphatic carbocycles. The lowest BCUT2D eigenvalue weighted by molar-refractivity contribution is -2.00. The molecule has 4 aromatic rings. The van der Waals surface area contributed by atoms with E-state index in [1.165, 1.54) is 0 Å². The molecule has 0 radical (unpaired) electrons. The van der Waals surface area contributed by atoms with E-state index >= 15 is 0 Å². The predicted molar refractivity (Wildman–Crippen MR) is 98.5 cm³/mol. The smallest absolute Gasteiger partial charge is 0.218 e. The van der Waals surface area contributed by atoms with Gasteiger partial charge < -0.3 is 9.52 Å². The number of halogens is 2. The van der Waals surface area contributed by atoms with Crippen LogP contribution < -0.4 is 29.0 Å². The van der Waals surface area contributed by atoms with Crippen LogP contribution in [-0.2, 0) is 0 Å². The highest BCUT2D eigenvalue weighted by atomic mass is 35.7. The summed E-state index contributed by atoms with van der Waals surface area (Å²) in [5, 5.41) is 12.1. The van der Waals surface area contributed by atoms with Gasteiger partial charge in [0.2, 0.25) is 11.0 Å². The lowest BCUT2D eigenvalue weighted by Gasteiger charge is -2.17. The zero-order chi connectivity index (χ0) is 21.7. The third-order valence-corrected chi connectivity index (χ3v) is 4.15. The van der Waals surface area contributed by atoms with Crippen molar-refractivity contribution in [3.8, 4) is 17.1 Å². The zero-order valence-corrected chi connectivity index (χ0v) is 16.8. The van der Waals surface area contributed by atoms with E-state index in [1.807, 2.05) is 60.7 Å². The highest BCUT2D eigenvalue weighted by Gasteiger charge is 2.10. The monoisotopic (exact) mass is 447 g/mol. The Morgan fingerprint density at radius 1 is 0.833 bits per heavy atom. The van der Waals surface area contributed by atoms with E-state index in [2.05, 4.69) is 4.99 Å². The number of aromatic hydroxyl groups is 1. The number of rotatable bonds is 2. The molecule has 1 heterocycles. The number of hydrogen-bond donors (Lipinski definition) is 2. The predicted octanol–water partition coefficient (Wildman–Crippen LogP) is -0.984. The maximum absolute atomic E-state index is 9.86. The molecule has 0 saturated heterocycles. The van der Waals surface area contributed by atoms with Crippen LogP contribution in [0.5, 0.6) is 5.75 Å². The number of phenols is 1. The summed E-state index contributed by atoms with van der Waals surface area (Å²) in [6.07, 6.45) is 0. The van der Waals surface area contributed by atoms with Crippen LogP contribution in [0.4, 0.5) is 5.69 Å². The van der Waals surface area contributed by atoms with Crippen LogP contribution in [0.3, 0.4) is 0 Å². The van der Waals surface area contributed by atoms with Gasteiger partial charge in [-0.2, -0.15) is 0 Å². The molecule has 9 heteroatoms. The Balaban J connectivity index is 0.000000461. The summed E-state index contributed by atoms with van der Waals surface area (Å²) in [7, 11) is -4.94. The minimum atomic E-state index is -4.94. The highest BCUT2D eigenvalue weighted by Crippen LogP contribution is 2.23. The van der Waals surface area contributed by atoms with Gasteiger partial charge in [0.15, 0.2) is 0 Å². The van der Waals surface area contributed by atoms with Crippen molar-refractivity contribution >= 4 is 28.3 Å². The molecule has 0 spiro atoms. The van der Waals surface area contributed by atoms with Gasteiger partial charge in [-0.15, -0.1) is 10.2 Å². The molecule has 0 bridgehead atoms. The summed E-state index contributed by atoms with van der Waals surface area (Å²) in [5.41, 5.74) is 2.53. The first-order valence-electron chi connectivity index (χ1n) is 8.49. The Hall–Kier alpha value is -2.91. The third-order valence-electron chi connectivity index (χ3n) is 3.91. The van der Waals surface area contributed by atoms with Gasteiger partial charge in [0, 0.05) is 22.7 Å². The van der Waals surface area contributed by atoms with Crippen LogP contribution in [0.15, 0.2) is 83.3 Å². The van der Waals surface area contributed by atoms with Crippen molar-refractivity contribution < 1.29 is 43.4 Å². The van der Waals surface area contributed by atoms with Crippen molar-refractivity contribution in [2.75, 3.05) is 0 Å². The quantitative estimate of drug-likeness (QED) is 0.404. The van der Waals surface area contributed by atoms with Gasteiger partial charge in [0.05, 0.1) is 11.5 Å². The standard InChI is InChI=1S/C21H14ClNO2.ClHO4/c22-15-7-4-8-16(11-15)23-19-13-21(14-5-2-1-3-6-14)25-20-10-9-17(24)12-18(19)20;2-1(3,4)5/h1-13,24H;(H,2,3,4,5). The summed E-state index contributed by atoms with van der Waals surface area (Å²) in [6.45, 7) is 0. The van der Waals surface area contributed by atoms with Crippen LogP contribution in [0, 0.1) is 10.2 Å². The number of benzene rings is 3. The molecule has 7 nitrogen and oxygen atoms in total. The van der Waals surface area contributed by atoms with Crippen LogP contribution >= 0.6 is 11.6 Å². The van der Waals surface area contributed by atoms with Crippen LogP contribution in [0.2, 0.25) is 5.02 Å². The summed E-state index contributed by atoms with van der Waals surface area (Å²) in [5.74, 6) is 0.924. The van der Waals surface area contributed by atoms with Crippen molar-refractivity contribution in [1.82, 2.24) is 0 Å². The second-order valence-electron chi connectivity index (χ2n) is 6.08. The molecular weight excluding hydrogens is 433 g/mol. The van der Waals surface area contributed by atoms with Crippen molar-refractivity contribution in [3.63, 3.8) is 0 Å². The first kappa shape index (κ1) is 21.8. The Labute approximate surface area is 178 Å². The van der Waals surface area contributed by atoms with Crippen molar-refractivity contribution in [3.05, 3.63) is 89.2 Å². The van der Waals surface area contributed by atoms with E-state index in [-0.39, 0.29) is 5.75 Å². The van der Waals surface area contributed by atoms with Gasteiger partial charge >= 0.3 is 0 Å². The van der Waals surface area contributed by atoms with E-state index in [0.717, 1.165) is 27.8 Å². The Kier molecular flexibility index (Phi) is 6.73. The van der Waals surface area contributed by atoms with Crippen LogP contribution in [-0.4, -0.2) is 5.11 Å². The molecule has 2 N–H and O–H groups in total. The topological polar surface area (TPSA) is 140 Å². The van der Waals surface area contributed by atoms with Crippen molar-refractivity contribution in [2.24, 2.45) is 0 Å². The molecule has 3 aromatic carbocycles. The summed E-state index contributed by atoms with van der Waals surface area (Å²) >= 11 is 6.08. The molecule has 4 rings (SSSR count). The minimum Gasteiger partial charge on any atom is -0.508 e. The molecule has 0 fully saturated rings. The maximum atomic E-state index is 9.86. The molecular formula is C21H15Cl2NO6. The molecule has 0 atom stereocenters. The maximum Gasteiger partial charge on any atom is 0.218 e. The molecule has 0 aliphatic heterocycles. The molecule has 0 aliphatic rings. The lowest BCUT2D eigenvalue weighted by Crippen LogP contribution is -2.70. The SMILES string of the molecule is Oc1ccc2oc(-c3ccccc3)cc(=[NH+]c3cccc(Cl)c3)c2c1.[O-][Cl+3]([O-])([O-])[O-]. The van der Waals surface area contributed by atoms with Gasteiger partial charge in [0.25, 0.3) is 0 Å². The second kappa shape index (κ2) is 9.27. The van der Waals surface area contributed by atoms with E-state index < -0.39 is 10.2 Å². The zero-order valence-electron chi connectivity index (χ0n) is 15.2. The Morgan fingerprint density at radius 3 is 2.20 bits per heavy atom. The van der Waals surface area contributed by atoms with Gasteiger partial charge in [-0.1, -0.05) is 48.0 Å². The van der Waals surface area contributed by atoms with E-state index in [0.29, 0.717) is 10.6 Å². The third kappa shape index (κ3) is 6.30. The van der Waals surface area contributed by atoms with Gasteiger partial charge in [-0.25, -0.2) is 23.6 Å². The summed E-state index contributed by atoms with van der Waals surface area (Å²) in [4.78, 5) is 3.37. The summed E-state index contributed by atoms with van der Waals surface area (Å²) in [6, 6.07) is 24.4. The highest BCUT2D eigenvalue weighted by molar-refractivity contribution is 6.30. The second-order valence-corrected chi connectivity index (χ2v) is 7.28. The largest absolute Gasteiger partial charge is 0.508 e. The summed E-state index contributed by atoms with van der Waals surface area (Å²) < 4.78 is 40.0. The number of nitrogens with one attached hydrogen (secondary N) is 1. The lowest BCUT2D eigenvalue weighted by atomic mass is 10.1. The van der Waals surface area contributed by atoms with Crippen molar-refractivity contribution in [2.45, 2.75) is 0 Å². The van der Waals surface area contributed by atoms with E-state index in [9.17, 15) is 5.11 Å². The molecule has 0 unspecified atom stereocenters. The Morgan fingerprint density at radius 2 is 1.53 bits per heavy atom. The fourth-order valence-electron chi connectivity index (χ4n) is 2.74. The van der Waals surface area contributed by atoms with Gasteiger partial charge in [-0.05, 0) is 24.3 Å². The average molecular weight is 448 g/mol. The fraction of sp³-hybridized carbons (Fsp3) is 0. The molecule has 0 saturated carbocycles. The molecule has 1 aromatic heterocycles. The average Bonchev–Trinajstić information content (AvgIpc) is 2.68. The van der Waals surface area contributed by atoms with E-state index in [4.69, 9.17) is 34.7 Å². The van der Waals surface area contributed by atoms with Crippen LogP contribution in [0.1, 0.15) is 0 Å². The fourth-order valence-corrected chi connectivity index (χ4v) is 2.93. The molecule has 30 heavy (non-hydrogen) atoms. The minimum absolute atomic E-state index is 0.185. The van der Waals surface area contributed by atoms with E-state index in [1.54, 1.807) is 18.2 Å². The van der Waals surface area contributed by atoms with Crippen molar-refractivity contribution in [1.29, 1.82) is 0 Å². The number of phenolic OH excluding ortho intramolecular Hbond substituents is 1. The first-order chi connectivity index (χ1) is 14.2.